The van der Waals surface area contributed by atoms with Crippen molar-refractivity contribution in [3.05, 3.63) is 36.9 Å². The van der Waals surface area contributed by atoms with Crippen LogP contribution in [-0.2, 0) is 24.3 Å². The second-order valence-corrected chi connectivity index (χ2v) is 6.92. The Labute approximate surface area is 151 Å². The number of nitrogens with one attached hydrogen (secondary N) is 3. The number of anilines is 1. The molecule has 0 saturated carbocycles. The van der Waals surface area contributed by atoms with Crippen LogP contribution in [0.15, 0.2) is 41.8 Å². The van der Waals surface area contributed by atoms with Crippen molar-refractivity contribution in [3.63, 3.8) is 0 Å². The summed E-state index contributed by atoms with van der Waals surface area (Å²) in [6, 6.07) is 5.82. The van der Waals surface area contributed by atoms with Crippen LogP contribution in [0.2, 0.25) is 0 Å². The Morgan fingerprint density at radius 1 is 1.24 bits per heavy atom. The lowest BCUT2D eigenvalue weighted by molar-refractivity contribution is -0.142. The van der Waals surface area contributed by atoms with E-state index in [0.29, 0.717) is 5.69 Å². The Morgan fingerprint density at radius 2 is 1.88 bits per heavy atom. The lowest BCUT2D eigenvalue weighted by atomic mass is 10.3. The molecule has 0 unspecified atom stereocenters. The summed E-state index contributed by atoms with van der Waals surface area (Å²) in [5.74, 6) is -0.924. The van der Waals surface area contributed by atoms with E-state index in [0.717, 1.165) is 0 Å². The third kappa shape index (κ3) is 7.42. The van der Waals surface area contributed by atoms with Crippen molar-refractivity contribution in [2.24, 2.45) is 0 Å². The predicted molar refractivity (Wildman–Crippen MR) is 97.4 cm³/mol. The van der Waals surface area contributed by atoms with E-state index in [4.69, 9.17) is 12.2 Å². The highest BCUT2D eigenvalue weighted by Crippen LogP contribution is 2.13. The molecule has 1 rings (SSSR count). The van der Waals surface area contributed by atoms with Crippen molar-refractivity contribution in [3.8, 4) is 0 Å². The molecule has 8 nitrogen and oxygen atoms in total. The molecule has 1 aromatic carbocycles. The third-order valence-electron chi connectivity index (χ3n) is 2.88. The van der Waals surface area contributed by atoms with Gasteiger partial charge < -0.3 is 15.4 Å². The fourth-order valence-corrected chi connectivity index (χ4v) is 2.87. The van der Waals surface area contributed by atoms with Gasteiger partial charge >= 0.3 is 5.97 Å². The van der Waals surface area contributed by atoms with Crippen LogP contribution < -0.4 is 15.4 Å². The number of sulfonamides is 1. The number of hydrogen-bond acceptors (Lipinski definition) is 6. The van der Waals surface area contributed by atoms with Gasteiger partial charge in [-0.15, -0.1) is 6.58 Å². The molecule has 0 aliphatic rings. The molecule has 1 amide bonds. The van der Waals surface area contributed by atoms with Gasteiger partial charge in [0.05, 0.1) is 18.4 Å². The maximum Gasteiger partial charge on any atom is 0.306 e. The highest BCUT2D eigenvalue weighted by molar-refractivity contribution is 7.89. The Hall–Kier alpha value is -2.30. The largest absolute Gasteiger partial charge is 0.469 e. The van der Waals surface area contributed by atoms with Crippen LogP contribution in [0.4, 0.5) is 5.69 Å². The maximum atomic E-state index is 11.9. The van der Waals surface area contributed by atoms with E-state index in [1.54, 1.807) is 0 Å². The van der Waals surface area contributed by atoms with E-state index < -0.39 is 21.9 Å². The summed E-state index contributed by atoms with van der Waals surface area (Å²) >= 11 is 4.98. The monoisotopic (exact) mass is 385 g/mol. The number of thiocarbonyl (C=S) groups is 1. The number of benzene rings is 1. The first-order valence-electron chi connectivity index (χ1n) is 7.16. The summed E-state index contributed by atoms with van der Waals surface area (Å²) in [5.41, 5.74) is 0.501. The molecular formula is C15H19N3O5S2. The van der Waals surface area contributed by atoms with Gasteiger partial charge in [-0.05, 0) is 36.5 Å². The van der Waals surface area contributed by atoms with Gasteiger partial charge in [0.1, 0.15) is 0 Å². The number of carbonyl (C=O) groups is 2. The zero-order valence-electron chi connectivity index (χ0n) is 13.6. The van der Waals surface area contributed by atoms with E-state index in [1.165, 1.54) is 37.5 Å². The molecule has 25 heavy (non-hydrogen) atoms. The predicted octanol–water partition coefficient (Wildman–Crippen LogP) is 0.917. The summed E-state index contributed by atoms with van der Waals surface area (Å²) in [5, 5.41) is 5.20. The summed E-state index contributed by atoms with van der Waals surface area (Å²) in [7, 11) is -2.36. The van der Waals surface area contributed by atoms with E-state index in [1.807, 2.05) is 0 Å². The Kier molecular flexibility index (Phi) is 8.19. The van der Waals surface area contributed by atoms with Gasteiger partial charge in [0, 0.05) is 18.7 Å². The summed E-state index contributed by atoms with van der Waals surface area (Å²) in [6.07, 6.45) is 1.34. The molecule has 136 valence electrons. The van der Waals surface area contributed by atoms with Crippen molar-refractivity contribution >= 4 is 44.9 Å². The molecule has 0 bridgehead atoms. The lowest BCUT2D eigenvalue weighted by Crippen LogP contribution is -2.34. The first-order valence-corrected chi connectivity index (χ1v) is 9.06. The number of carbonyl (C=O) groups excluding carboxylic acids is 2. The minimum Gasteiger partial charge on any atom is -0.469 e. The summed E-state index contributed by atoms with van der Waals surface area (Å²) in [6.45, 7) is 3.57. The fourth-order valence-electron chi connectivity index (χ4n) is 1.64. The van der Waals surface area contributed by atoms with Gasteiger partial charge in [-0.25, -0.2) is 13.1 Å². The van der Waals surface area contributed by atoms with Crippen molar-refractivity contribution in [2.75, 3.05) is 19.0 Å². The molecule has 0 aliphatic carbocycles. The molecule has 10 heteroatoms. The summed E-state index contributed by atoms with van der Waals surface area (Å²) in [4.78, 5) is 22.7. The highest BCUT2D eigenvalue weighted by Gasteiger charge is 2.13. The van der Waals surface area contributed by atoms with Crippen LogP contribution in [-0.4, -0.2) is 39.1 Å². The molecule has 0 fully saturated rings. The Bertz CT molecular complexity index is 745. The molecule has 3 N–H and O–H groups in total. The van der Waals surface area contributed by atoms with Crippen molar-refractivity contribution < 1.29 is 22.7 Å². The topological polar surface area (TPSA) is 114 Å². The fraction of sp³-hybridized carbons (Fsp3) is 0.267. The van der Waals surface area contributed by atoms with Gasteiger partial charge in [0.2, 0.25) is 15.9 Å². The third-order valence-corrected chi connectivity index (χ3v) is 4.52. The van der Waals surface area contributed by atoms with E-state index in [2.05, 4.69) is 26.7 Å². The van der Waals surface area contributed by atoms with E-state index in [9.17, 15) is 18.0 Å². The number of methoxy groups -OCH3 is 1. The standard InChI is InChI=1S/C15H19N3O5S2/c1-3-10-16-25(21,22)12-6-4-11(5-7-12)17-15(24)18-13(19)8-9-14(20)23-2/h3-7,16H,1,8-10H2,2H3,(H2,17,18,19,24). The van der Waals surface area contributed by atoms with Crippen molar-refractivity contribution in [1.29, 1.82) is 0 Å². The van der Waals surface area contributed by atoms with Crippen LogP contribution in [0, 0.1) is 0 Å². The SMILES string of the molecule is C=CCNS(=O)(=O)c1ccc(NC(=S)NC(=O)CCC(=O)OC)cc1. The number of ether oxygens (including phenoxy) is 1. The molecule has 0 saturated heterocycles. The number of amides is 1. The van der Waals surface area contributed by atoms with Crippen molar-refractivity contribution in [1.82, 2.24) is 10.0 Å². The molecular weight excluding hydrogens is 366 g/mol. The zero-order valence-corrected chi connectivity index (χ0v) is 15.2. The van der Waals surface area contributed by atoms with Gasteiger partial charge in [-0.1, -0.05) is 6.08 Å². The first kappa shape index (κ1) is 20.7. The van der Waals surface area contributed by atoms with Crippen LogP contribution in [0.3, 0.4) is 0 Å². The van der Waals surface area contributed by atoms with Crippen LogP contribution in [0.25, 0.3) is 0 Å². The quantitative estimate of drug-likeness (QED) is 0.346. The zero-order chi connectivity index (χ0) is 18.9. The van der Waals surface area contributed by atoms with Gasteiger partial charge in [-0.2, -0.15) is 0 Å². The average Bonchev–Trinajstić information content (AvgIpc) is 2.58. The second-order valence-electron chi connectivity index (χ2n) is 4.74. The molecule has 0 atom stereocenters. The molecule has 0 spiro atoms. The highest BCUT2D eigenvalue weighted by atomic mass is 32.2. The maximum absolute atomic E-state index is 11.9. The summed E-state index contributed by atoms with van der Waals surface area (Å²) < 4.78 is 30.6. The molecule has 0 aromatic heterocycles. The van der Waals surface area contributed by atoms with Crippen LogP contribution >= 0.6 is 12.2 Å². The van der Waals surface area contributed by atoms with Crippen LogP contribution in [0.1, 0.15) is 12.8 Å². The lowest BCUT2D eigenvalue weighted by Gasteiger charge is -2.10. The van der Waals surface area contributed by atoms with Gasteiger partial charge in [0.25, 0.3) is 0 Å². The molecule has 0 heterocycles. The molecule has 1 aromatic rings. The molecule has 0 radical (unpaired) electrons. The van der Waals surface area contributed by atoms with E-state index >= 15 is 0 Å². The van der Waals surface area contributed by atoms with Crippen LogP contribution in [0.5, 0.6) is 0 Å². The number of rotatable bonds is 8. The minimum absolute atomic E-state index is 0.0373. The number of hydrogen-bond donors (Lipinski definition) is 3. The average molecular weight is 385 g/mol. The second kappa shape index (κ2) is 9.87. The molecule has 0 aliphatic heterocycles. The van der Waals surface area contributed by atoms with E-state index in [-0.39, 0.29) is 29.4 Å². The van der Waals surface area contributed by atoms with Crippen molar-refractivity contribution in [2.45, 2.75) is 17.7 Å². The minimum atomic E-state index is -3.60. The first-order chi connectivity index (χ1) is 11.8. The Morgan fingerprint density at radius 3 is 2.44 bits per heavy atom. The Balaban J connectivity index is 2.57. The smallest absolute Gasteiger partial charge is 0.306 e. The normalized spacial score (nSPS) is 10.6. The number of esters is 1. The van der Waals surface area contributed by atoms with Gasteiger partial charge in [-0.3, -0.25) is 9.59 Å². The van der Waals surface area contributed by atoms with Gasteiger partial charge in [0.15, 0.2) is 5.11 Å².